The molecule has 4 nitrogen and oxygen atoms in total. The van der Waals surface area contributed by atoms with Gasteiger partial charge in [-0.05, 0) is 47.8 Å². The molecule has 116 valence electrons. The van der Waals surface area contributed by atoms with E-state index in [1.54, 1.807) is 12.1 Å². The van der Waals surface area contributed by atoms with Crippen molar-refractivity contribution in [1.82, 2.24) is 0 Å². The van der Waals surface area contributed by atoms with Gasteiger partial charge >= 0.3 is 0 Å². The van der Waals surface area contributed by atoms with Crippen molar-refractivity contribution in [3.8, 4) is 5.75 Å². The van der Waals surface area contributed by atoms with Gasteiger partial charge in [-0.25, -0.2) is 0 Å². The third kappa shape index (κ3) is 3.90. The Morgan fingerprint density at radius 2 is 2.10 bits per heavy atom. The van der Waals surface area contributed by atoms with E-state index in [0.29, 0.717) is 40.4 Å². The Hall–Kier alpha value is -0.780. The summed E-state index contributed by atoms with van der Waals surface area (Å²) in [5, 5.41) is 3.41. The minimum atomic E-state index is -0.795. The molecule has 0 saturated heterocycles. The van der Waals surface area contributed by atoms with Gasteiger partial charge in [0.05, 0.1) is 22.3 Å². The van der Waals surface area contributed by atoms with Crippen molar-refractivity contribution in [3.05, 3.63) is 21.6 Å². The monoisotopic (exact) mass is 374 g/mol. The third-order valence-electron chi connectivity index (χ3n) is 3.74. The van der Waals surface area contributed by atoms with Gasteiger partial charge in [0.2, 0.25) is 5.91 Å². The number of nitrogens with one attached hydrogen (secondary N) is 1. The SMILES string of the molecule is CCOc1c(Br)cc(Cl)cc1NC(=O)C1(N)CCCCC1. The number of carbonyl (C=O) groups excluding carboxylic acids is 1. The molecule has 3 N–H and O–H groups in total. The maximum atomic E-state index is 12.5. The van der Waals surface area contributed by atoms with Gasteiger partial charge in [0.25, 0.3) is 0 Å². The Labute approximate surface area is 138 Å². The van der Waals surface area contributed by atoms with E-state index in [4.69, 9.17) is 22.1 Å². The summed E-state index contributed by atoms with van der Waals surface area (Å²) >= 11 is 9.46. The minimum absolute atomic E-state index is 0.169. The lowest BCUT2D eigenvalue weighted by atomic mass is 9.82. The van der Waals surface area contributed by atoms with Crippen LogP contribution in [-0.2, 0) is 4.79 Å². The van der Waals surface area contributed by atoms with Crippen LogP contribution in [0.2, 0.25) is 5.02 Å². The van der Waals surface area contributed by atoms with Gasteiger partial charge in [0.1, 0.15) is 0 Å². The van der Waals surface area contributed by atoms with Crippen LogP contribution in [0.3, 0.4) is 0 Å². The smallest absolute Gasteiger partial charge is 0.244 e. The fraction of sp³-hybridized carbons (Fsp3) is 0.533. The fourth-order valence-electron chi connectivity index (χ4n) is 2.60. The number of amides is 1. The van der Waals surface area contributed by atoms with Gasteiger partial charge in [-0.15, -0.1) is 0 Å². The second kappa shape index (κ2) is 6.99. The van der Waals surface area contributed by atoms with Crippen molar-refractivity contribution in [3.63, 3.8) is 0 Å². The summed E-state index contributed by atoms with van der Waals surface area (Å²) in [6.45, 7) is 2.38. The van der Waals surface area contributed by atoms with Crippen LogP contribution in [0.1, 0.15) is 39.0 Å². The predicted molar refractivity (Wildman–Crippen MR) is 89.0 cm³/mol. The molecule has 1 aliphatic carbocycles. The molecule has 1 saturated carbocycles. The molecule has 1 aromatic carbocycles. The summed E-state index contributed by atoms with van der Waals surface area (Å²) in [6.07, 6.45) is 4.54. The molecule has 1 amide bonds. The molecule has 0 atom stereocenters. The molecule has 0 radical (unpaired) electrons. The van der Waals surface area contributed by atoms with E-state index in [0.717, 1.165) is 19.3 Å². The van der Waals surface area contributed by atoms with E-state index < -0.39 is 5.54 Å². The quantitative estimate of drug-likeness (QED) is 0.832. The summed E-state index contributed by atoms with van der Waals surface area (Å²) < 4.78 is 6.29. The molecule has 0 spiro atoms. The molecular formula is C15H20BrClN2O2. The zero-order valence-electron chi connectivity index (χ0n) is 12.0. The summed E-state index contributed by atoms with van der Waals surface area (Å²) in [6, 6.07) is 3.42. The molecule has 21 heavy (non-hydrogen) atoms. The van der Waals surface area contributed by atoms with Crippen molar-refractivity contribution in [2.75, 3.05) is 11.9 Å². The first-order valence-electron chi connectivity index (χ1n) is 7.18. The van der Waals surface area contributed by atoms with Gasteiger partial charge < -0.3 is 15.8 Å². The van der Waals surface area contributed by atoms with Gasteiger partial charge in [0.15, 0.2) is 5.75 Å². The Morgan fingerprint density at radius 1 is 1.43 bits per heavy atom. The first kappa shape index (κ1) is 16.6. The first-order valence-corrected chi connectivity index (χ1v) is 8.35. The maximum Gasteiger partial charge on any atom is 0.244 e. The van der Waals surface area contributed by atoms with Crippen molar-refractivity contribution < 1.29 is 9.53 Å². The van der Waals surface area contributed by atoms with E-state index in [1.165, 1.54) is 0 Å². The first-order chi connectivity index (χ1) is 9.96. The van der Waals surface area contributed by atoms with E-state index in [1.807, 2.05) is 6.92 Å². The van der Waals surface area contributed by atoms with Gasteiger partial charge in [0, 0.05) is 5.02 Å². The molecule has 1 aliphatic rings. The lowest BCUT2D eigenvalue weighted by Crippen LogP contribution is -2.52. The highest BCUT2D eigenvalue weighted by molar-refractivity contribution is 9.10. The van der Waals surface area contributed by atoms with Gasteiger partial charge in [-0.3, -0.25) is 4.79 Å². The summed E-state index contributed by atoms with van der Waals surface area (Å²) in [5.74, 6) is 0.409. The molecule has 1 fully saturated rings. The standard InChI is InChI=1S/C15H20BrClN2O2/c1-2-21-13-11(16)8-10(17)9-12(13)19-14(20)15(18)6-4-3-5-7-15/h8-9H,2-7,18H2,1H3,(H,19,20). The third-order valence-corrected chi connectivity index (χ3v) is 4.55. The van der Waals surface area contributed by atoms with Crippen LogP contribution < -0.4 is 15.8 Å². The molecule has 1 aromatic rings. The largest absolute Gasteiger partial charge is 0.491 e. The summed E-state index contributed by atoms with van der Waals surface area (Å²) in [5.41, 5.74) is 6.01. The predicted octanol–water partition coefficient (Wildman–Crippen LogP) is 4.10. The van der Waals surface area contributed by atoms with Crippen LogP contribution in [0.15, 0.2) is 16.6 Å². The van der Waals surface area contributed by atoms with Crippen LogP contribution in [0.4, 0.5) is 5.69 Å². The van der Waals surface area contributed by atoms with E-state index in [-0.39, 0.29) is 5.91 Å². The number of nitrogens with two attached hydrogens (primary N) is 1. The van der Waals surface area contributed by atoms with Crippen LogP contribution >= 0.6 is 27.5 Å². The maximum absolute atomic E-state index is 12.5. The van der Waals surface area contributed by atoms with Gasteiger partial charge in [-0.1, -0.05) is 30.9 Å². The van der Waals surface area contributed by atoms with E-state index in [9.17, 15) is 4.79 Å². The topological polar surface area (TPSA) is 64.3 Å². The second-order valence-electron chi connectivity index (χ2n) is 5.37. The van der Waals surface area contributed by atoms with Crippen molar-refractivity contribution in [1.29, 1.82) is 0 Å². The number of halogens is 2. The average molecular weight is 376 g/mol. The van der Waals surface area contributed by atoms with Crippen molar-refractivity contribution in [2.24, 2.45) is 5.73 Å². The number of carbonyl (C=O) groups is 1. The highest BCUT2D eigenvalue weighted by atomic mass is 79.9. The number of ether oxygens (including phenoxy) is 1. The van der Waals surface area contributed by atoms with Crippen LogP contribution in [0.5, 0.6) is 5.75 Å². The zero-order chi connectivity index (χ0) is 15.5. The Morgan fingerprint density at radius 3 is 2.71 bits per heavy atom. The Kier molecular flexibility index (Phi) is 5.52. The van der Waals surface area contributed by atoms with Crippen molar-refractivity contribution in [2.45, 2.75) is 44.6 Å². The average Bonchev–Trinajstić information content (AvgIpc) is 2.43. The number of hydrogen-bond acceptors (Lipinski definition) is 3. The van der Waals surface area contributed by atoms with Crippen molar-refractivity contribution >= 4 is 39.1 Å². The highest BCUT2D eigenvalue weighted by Crippen LogP contribution is 2.37. The molecule has 0 bridgehead atoms. The van der Waals surface area contributed by atoms with E-state index >= 15 is 0 Å². The highest BCUT2D eigenvalue weighted by Gasteiger charge is 2.35. The fourth-order valence-corrected chi connectivity index (χ4v) is 3.53. The number of benzene rings is 1. The van der Waals surface area contributed by atoms with Crippen LogP contribution in [0.25, 0.3) is 0 Å². The Bertz CT molecular complexity index is 531. The minimum Gasteiger partial charge on any atom is -0.491 e. The number of anilines is 1. The summed E-state index contributed by atoms with van der Waals surface area (Å²) in [4.78, 5) is 12.5. The lowest BCUT2D eigenvalue weighted by Gasteiger charge is -2.32. The normalized spacial score (nSPS) is 17.3. The molecule has 0 heterocycles. The van der Waals surface area contributed by atoms with Crippen LogP contribution in [-0.4, -0.2) is 18.1 Å². The molecule has 0 aliphatic heterocycles. The van der Waals surface area contributed by atoms with Gasteiger partial charge in [-0.2, -0.15) is 0 Å². The molecule has 0 aromatic heterocycles. The van der Waals surface area contributed by atoms with E-state index in [2.05, 4.69) is 21.2 Å². The molecule has 6 heteroatoms. The Balaban J connectivity index is 2.23. The second-order valence-corrected chi connectivity index (χ2v) is 6.66. The lowest BCUT2D eigenvalue weighted by molar-refractivity contribution is -0.122. The number of hydrogen-bond donors (Lipinski definition) is 2. The molecule has 0 unspecified atom stereocenters. The zero-order valence-corrected chi connectivity index (χ0v) is 14.4. The van der Waals surface area contributed by atoms with Crippen LogP contribution in [0, 0.1) is 0 Å². The molecular weight excluding hydrogens is 356 g/mol. The summed E-state index contributed by atoms with van der Waals surface area (Å²) in [7, 11) is 0. The molecule has 2 rings (SSSR count). The number of rotatable bonds is 4.